The summed E-state index contributed by atoms with van der Waals surface area (Å²) < 4.78 is 4.76. The Morgan fingerprint density at radius 1 is 1.00 bits per heavy atom. The largest absolute Gasteiger partial charge is 0.465 e. The molecule has 126 valence electrons. The fourth-order valence-electron chi connectivity index (χ4n) is 2.72. The molecule has 0 aromatic heterocycles. The molecule has 2 rings (SSSR count). The Bertz CT molecular complexity index is 695. The third-order valence-electron chi connectivity index (χ3n) is 4.04. The summed E-state index contributed by atoms with van der Waals surface area (Å²) in [6.07, 6.45) is 0.358. The third-order valence-corrected chi connectivity index (χ3v) is 4.04. The predicted octanol–water partition coefficient (Wildman–Crippen LogP) is 4.24. The van der Waals surface area contributed by atoms with Crippen molar-refractivity contribution in [3.05, 3.63) is 65.7 Å². The first-order valence-electron chi connectivity index (χ1n) is 8.05. The SMILES string of the molecule is COC(=O)c1ccccc1NC(=O)CC(c1ccccc1)C(C)C. The van der Waals surface area contributed by atoms with Gasteiger partial charge in [0.25, 0.3) is 0 Å². The molecule has 1 unspecified atom stereocenters. The summed E-state index contributed by atoms with van der Waals surface area (Å²) in [6.45, 7) is 4.21. The van der Waals surface area contributed by atoms with Crippen LogP contribution in [0.2, 0.25) is 0 Å². The molecule has 0 saturated carbocycles. The minimum Gasteiger partial charge on any atom is -0.465 e. The quantitative estimate of drug-likeness (QED) is 0.808. The first-order valence-corrected chi connectivity index (χ1v) is 8.05. The van der Waals surface area contributed by atoms with Crippen LogP contribution in [0.5, 0.6) is 0 Å². The number of carbonyl (C=O) groups is 2. The summed E-state index contributed by atoms with van der Waals surface area (Å²) in [5, 5.41) is 2.84. The van der Waals surface area contributed by atoms with Crippen molar-refractivity contribution < 1.29 is 14.3 Å². The van der Waals surface area contributed by atoms with Gasteiger partial charge in [0.1, 0.15) is 0 Å². The minimum atomic E-state index is -0.464. The number of hydrogen-bond donors (Lipinski definition) is 1. The molecule has 0 heterocycles. The zero-order chi connectivity index (χ0) is 17.5. The second kappa shape index (κ2) is 8.29. The summed E-state index contributed by atoms with van der Waals surface area (Å²) >= 11 is 0. The van der Waals surface area contributed by atoms with Crippen LogP contribution in [0.4, 0.5) is 5.69 Å². The fraction of sp³-hybridized carbons (Fsp3) is 0.300. The number of carbonyl (C=O) groups excluding carboxylic acids is 2. The number of benzene rings is 2. The van der Waals surface area contributed by atoms with Crippen molar-refractivity contribution in [1.82, 2.24) is 0 Å². The Morgan fingerprint density at radius 2 is 1.62 bits per heavy atom. The number of para-hydroxylation sites is 1. The molecule has 0 bridgehead atoms. The monoisotopic (exact) mass is 325 g/mol. The van der Waals surface area contributed by atoms with Gasteiger partial charge in [0, 0.05) is 6.42 Å². The van der Waals surface area contributed by atoms with E-state index in [1.807, 2.05) is 30.3 Å². The number of methoxy groups -OCH3 is 1. The lowest BCUT2D eigenvalue weighted by Crippen LogP contribution is -2.20. The van der Waals surface area contributed by atoms with Gasteiger partial charge in [0.05, 0.1) is 18.4 Å². The van der Waals surface area contributed by atoms with Crippen LogP contribution in [-0.2, 0) is 9.53 Å². The molecule has 0 aliphatic heterocycles. The van der Waals surface area contributed by atoms with Gasteiger partial charge in [0.2, 0.25) is 5.91 Å². The van der Waals surface area contributed by atoms with E-state index in [0.29, 0.717) is 23.6 Å². The zero-order valence-corrected chi connectivity index (χ0v) is 14.3. The second-order valence-corrected chi connectivity index (χ2v) is 6.05. The molecule has 1 amide bonds. The van der Waals surface area contributed by atoms with E-state index in [9.17, 15) is 9.59 Å². The van der Waals surface area contributed by atoms with E-state index >= 15 is 0 Å². The van der Waals surface area contributed by atoms with Gasteiger partial charge in [-0.3, -0.25) is 4.79 Å². The van der Waals surface area contributed by atoms with Crippen LogP contribution in [0.1, 0.15) is 42.1 Å². The molecule has 4 nitrogen and oxygen atoms in total. The Morgan fingerprint density at radius 3 is 2.25 bits per heavy atom. The molecule has 0 radical (unpaired) electrons. The molecule has 2 aromatic carbocycles. The molecule has 24 heavy (non-hydrogen) atoms. The summed E-state index contributed by atoms with van der Waals surface area (Å²) in [6, 6.07) is 16.9. The summed E-state index contributed by atoms with van der Waals surface area (Å²) in [7, 11) is 1.32. The van der Waals surface area contributed by atoms with Crippen LogP contribution in [0.15, 0.2) is 54.6 Å². The first kappa shape index (κ1) is 17.7. The molecule has 0 aliphatic carbocycles. The van der Waals surface area contributed by atoms with E-state index in [-0.39, 0.29) is 11.8 Å². The topological polar surface area (TPSA) is 55.4 Å². The number of rotatable bonds is 6. The molecule has 0 spiro atoms. The maximum atomic E-state index is 12.5. The van der Waals surface area contributed by atoms with Crippen molar-refractivity contribution in [2.75, 3.05) is 12.4 Å². The standard InChI is InChI=1S/C20H23NO3/c1-14(2)17(15-9-5-4-6-10-15)13-19(22)21-18-12-8-7-11-16(18)20(23)24-3/h4-12,14,17H,13H2,1-3H3,(H,21,22). The zero-order valence-electron chi connectivity index (χ0n) is 14.3. The van der Waals surface area contributed by atoms with Crippen LogP contribution in [-0.4, -0.2) is 19.0 Å². The second-order valence-electron chi connectivity index (χ2n) is 6.05. The van der Waals surface area contributed by atoms with E-state index in [4.69, 9.17) is 4.74 Å². The molecule has 0 fully saturated rings. The molecule has 1 N–H and O–H groups in total. The third kappa shape index (κ3) is 4.44. The molecule has 0 aliphatic rings. The average Bonchev–Trinajstić information content (AvgIpc) is 2.60. The number of hydrogen-bond acceptors (Lipinski definition) is 3. The number of ether oxygens (including phenoxy) is 1. The van der Waals surface area contributed by atoms with E-state index in [2.05, 4.69) is 19.2 Å². The summed E-state index contributed by atoms with van der Waals surface area (Å²) in [5.41, 5.74) is 1.97. The highest BCUT2D eigenvalue weighted by atomic mass is 16.5. The van der Waals surface area contributed by atoms with Crippen molar-refractivity contribution in [2.45, 2.75) is 26.2 Å². The number of amides is 1. The van der Waals surface area contributed by atoms with Gasteiger partial charge in [-0.15, -0.1) is 0 Å². The average molecular weight is 325 g/mol. The number of esters is 1. The highest BCUT2D eigenvalue weighted by molar-refractivity contribution is 6.01. The highest BCUT2D eigenvalue weighted by Gasteiger charge is 2.21. The van der Waals surface area contributed by atoms with Crippen LogP contribution in [0.3, 0.4) is 0 Å². The molecule has 0 saturated heterocycles. The van der Waals surface area contributed by atoms with Gasteiger partial charge in [-0.2, -0.15) is 0 Å². The van der Waals surface area contributed by atoms with E-state index in [0.717, 1.165) is 5.56 Å². The number of anilines is 1. The van der Waals surface area contributed by atoms with Crippen molar-refractivity contribution in [2.24, 2.45) is 5.92 Å². The maximum absolute atomic E-state index is 12.5. The van der Waals surface area contributed by atoms with Crippen molar-refractivity contribution >= 4 is 17.6 Å². The van der Waals surface area contributed by atoms with Crippen LogP contribution in [0.25, 0.3) is 0 Å². The lowest BCUT2D eigenvalue weighted by Gasteiger charge is -2.21. The number of nitrogens with one attached hydrogen (secondary N) is 1. The van der Waals surface area contributed by atoms with E-state index in [1.165, 1.54) is 7.11 Å². The smallest absolute Gasteiger partial charge is 0.339 e. The Kier molecular flexibility index (Phi) is 6.13. The first-order chi connectivity index (χ1) is 11.5. The van der Waals surface area contributed by atoms with E-state index < -0.39 is 5.97 Å². The summed E-state index contributed by atoms with van der Waals surface area (Å²) in [5.74, 6) is -0.131. The van der Waals surface area contributed by atoms with Gasteiger partial charge < -0.3 is 10.1 Å². The molecule has 4 heteroatoms. The molecule has 1 atom stereocenters. The predicted molar refractivity (Wildman–Crippen MR) is 95.0 cm³/mol. The normalized spacial score (nSPS) is 11.8. The van der Waals surface area contributed by atoms with Crippen LogP contribution >= 0.6 is 0 Å². The van der Waals surface area contributed by atoms with Gasteiger partial charge in [-0.1, -0.05) is 56.3 Å². The highest BCUT2D eigenvalue weighted by Crippen LogP contribution is 2.28. The Hall–Kier alpha value is -2.62. The Balaban J connectivity index is 2.14. The van der Waals surface area contributed by atoms with Gasteiger partial charge in [-0.05, 0) is 29.5 Å². The maximum Gasteiger partial charge on any atom is 0.339 e. The lowest BCUT2D eigenvalue weighted by molar-refractivity contribution is -0.116. The lowest BCUT2D eigenvalue weighted by atomic mass is 9.85. The van der Waals surface area contributed by atoms with Crippen LogP contribution < -0.4 is 5.32 Å². The van der Waals surface area contributed by atoms with Crippen LogP contribution in [0, 0.1) is 5.92 Å². The molecule has 2 aromatic rings. The van der Waals surface area contributed by atoms with Crippen molar-refractivity contribution in [1.29, 1.82) is 0 Å². The van der Waals surface area contributed by atoms with Gasteiger partial charge in [0.15, 0.2) is 0 Å². The van der Waals surface area contributed by atoms with E-state index in [1.54, 1.807) is 24.3 Å². The Labute approximate surface area is 142 Å². The van der Waals surface area contributed by atoms with Gasteiger partial charge in [-0.25, -0.2) is 4.79 Å². The van der Waals surface area contributed by atoms with Crippen molar-refractivity contribution in [3.63, 3.8) is 0 Å². The minimum absolute atomic E-state index is 0.117. The fourth-order valence-corrected chi connectivity index (χ4v) is 2.72. The molecular weight excluding hydrogens is 302 g/mol. The van der Waals surface area contributed by atoms with Gasteiger partial charge >= 0.3 is 5.97 Å². The molecular formula is C20H23NO3. The summed E-state index contributed by atoms with van der Waals surface area (Å²) in [4.78, 5) is 24.3. The van der Waals surface area contributed by atoms with Crippen molar-refractivity contribution in [3.8, 4) is 0 Å².